The van der Waals surface area contributed by atoms with Gasteiger partial charge in [0.1, 0.15) is 0 Å². The van der Waals surface area contributed by atoms with Gasteiger partial charge in [-0.1, -0.05) is 13.8 Å². The summed E-state index contributed by atoms with van der Waals surface area (Å²) in [6.07, 6.45) is 7.69. The Morgan fingerprint density at radius 2 is 2.16 bits per heavy atom. The first kappa shape index (κ1) is 13.4. The fourth-order valence-corrected chi connectivity index (χ4v) is 4.14. The molecule has 1 atom stereocenters. The summed E-state index contributed by atoms with van der Waals surface area (Å²) in [5, 5.41) is 4.90. The fraction of sp³-hybridized carbons (Fsp3) is 0.800. The molecule has 3 nitrogen and oxygen atoms in total. The van der Waals surface area contributed by atoms with Crippen molar-refractivity contribution < 1.29 is 0 Å². The lowest BCUT2D eigenvalue weighted by atomic mass is 10.2. The third-order valence-electron chi connectivity index (χ3n) is 4.32. The second-order valence-corrected chi connectivity index (χ2v) is 6.83. The van der Waals surface area contributed by atoms with Crippen LogP contribution >= 0.6 is 11.3 Å². The van der Waals surface area contributed by atoms with Gasteiger partial charge in [-0.2, -0.15) is 0 Å². The topological polar surface area (TPSA) is 28.2 Å². The molecule has 0 aromatic carbocycles. The first-order valence-electron chi connectivity index (χ1n) is 7.80. The van der Waals surface area contributed by atoms with Gasteiger partial charge in [0.25, 0.3) is 0 Å². The van der Waals surface area contributed by atoms with Gasteiger partial charge in [-0.15, -0.1) is 11.3 Å². The number of hydrogen-bond acceptors (Lipinski definition) is 4. The van der Waals surface area contributed by atoms with Crippen LogP contribution in [0.5, 0.6) is 0 Å². The molecule has 1 aromatic rings. The molecule has 2 heterocycles. The molecule has 1 aliphatic carbocycles. The maximum Gasteiger partial charge on any atom is 0.186 e. The molecule has 0 spiro atoms. The second kappa shape index (κ2) is 5.80. The fourth-order valence-electron chi connectivity index (χ4n) is 2.94. The summed E-state index contributed by atoms with van der Waals surface area (Å²) in [5.74, 6) is 0. The van der Waals surface area contributed by atoms with E-state index in [0.29, 0.717) is 0 Å². The minimum atomic E-state index is 0.722. The summed E-state index contributed by atoms with van der Waals surface area (Å²) < 4.78 is 0. The van der Waals surface area contributed by atoms with E-state index in [9.17, 15) is 0 Å². The number of nitrogens with one attached hydrogen (secondary N) is 1. The van der Waals surface area contributed by atoms with E-state index in [1.54, 1.807) is 0 Å². The van der Waals surface area contributed by atoms with Crippen LogP contribution in [-0.4, -0.2) is 23.6 Å². The number of aromatic nitrogens is 1. The number of aryl methyl sites for hydroxylation is 1. The van der Waals surface area contributed by atoms with Gasteiger partial charge in [-0.25, -0.2) is 4.98 Å². The molecule has 0 bridgehead atoms. The number of hydrogen-bond donors (Lipinski definition) is 1. The normalized spacial score (nSPS) is 23.3. The Hall–Kier alpha value is -0.610. The minimum absolute atomic E-state index is 0.722. The molecular formula is C15H25N3S. The molecule has 3 rings (SSSR count). The summed E-state index contributed by atoms with van der Waals surface area (Å²) in [7, 11) is 0. The summed E-state index contributed by atoms with van der Waals surface area (Å²) in [6.45, 7) is 6.74. The molecule has 1 saturated heterocycles. The third-order valence-corrected chi connectivity index (χ3v) is 5.46. The molecule has 4 heteroatoms. The van der Waals surface area contributed by atoms with Crippen molar-refractivity contribution in [1.29, 1.82) is 0 Å². The molecule has 19 heavy (non-hydrogen) atoms. The number of thiazole rings is 1. The van der Waals surface area contributed by atoms with Crippen LogP contribution in [0.15, 0.2) is 0 Å². The molecule has 0 radical (unpaired) electrons. The van der Waals surface area contributed by atoms with Crippen molar-refractivity contribution in [3.05, 3.63) is 10.6 Å². The van der Waals surface area contributed by atoms with Crippen molar-refractivity contribution in [3.8, 4) is 0 Å². The van der Waals surface area contributed by atoms with Crippen molar-refractivity contribution in [3.63, 3.8) is 0 Å². The van der Waals surface area contributed by atoms with E-state index < -0.39 is 0 Å². The average Bonchev–Trinajstić information content (AvgIpc) is 3.00. The Balaban J connectivity index is 1.73. The highest BCUT2D eigenvalue weighted by Gasteiger charge is 2.27. The van der Waals surface area contributed by atoms with Gasteiger partial charge in [-0.3, -0.25) is 0 Å². The standard InChI is InChI=1S/C15H25N3S/c1-3-12-6-5-9-18(12)15-17-13(4-2)14(19-15)10-16-11-7-8-11/h11-12,16H,3-10H2,1-2H3. The van der Waals surface area contributed by atoms with Crippen LogP contribution in [0.2, 0.25) is 0 Å². The van der Waals surface area contributed by atoms with Crippen LogP contribution in [0.1, 0.15) is 56.5 Å². The van der Waals surface area contributed by atoms with Crippen molar-refractivity contribution in [2.75, 3.05) is 11.4 Å². The molecule has 1 aliphatic heterocycles. The van der Waals surface area contributed by atoms with E-state index in [4.69, 9.17) is 4.98 Å². The second-order valence-electron chi connectivity index (χ2n) is 5.77. The molecule has 2 aliphatic rings. The summed E-state index contributed by atoms with van der Waals surface area (Å²) in [5.41, 5.74) is 1.31. The first-order chi connectivity index (χ1) is 9.31. The van der Waals surface area contributed by atoms with E-state index in [0.717, 1.165) is 25.0 Å². The Morgan fingerprint density at radius 3 is 2.84 bits per heavy atom. The first-order valence-corrected chi connectivity index (χ1v) is 8.62. The van der Waals surface area contributed by atoms with Crippen LogP contribution in [0, 0.1) is 0 Å². The summed E-state index contributed by atoms with van der Waals surface area (Å²) >= 11 is 1.92. The zero-order chi connectivity index (χ0) is 13.2. The van der Waals surface area contributed by atoms with Gasteiger partial charge in [-0.05, 0) is 38.5 Å². The van der Waals surface area contributed by atoms with Gasteiger partial charge in [0.05, 0.1) is 5.69 Å². The van der Waals surface area contributed by atoms with Crippen molar-refractivity contribution in [1.82, 2.24) is 10.3 Å². The predicted molar refractivity (Wildman–Crippen MR) is 82.0 cm³/mol. The highest BCUT2D eigenvalue weighted by molar-refractivity contribution is 7.15. The average molecular weight is 279 g/mol. The molecule has 0 amide bonds. The zero-order valence-corrected chi connectivity index (χ0v) is 12.9. The molecule has 2 fully saturated rings. The largest absolute Gasteiger partial charge is 0.345 e. The molecular weight excluding hydrogens is 254 g/mol. The van der Waals surface area contributed by atoms with Gasteiger partial charge in [0.2, 0.25) is 0 Å². The van der Waals surface area contributed by atoms with E-state index in [1.165, 1.54) is 54.4 Å². The monoisotopic (exact) mass is 279 g/mol. The predicted octanol–water partition coefficient (Wildman–Crippen LogP) is 3.34. The summed E-state index contributed by atoms with van der Waals surface area (Å²) in [4.78, 5) is 8.92. The SMILES string of the molecule is CCc1nc(N2CCCC2CC)sc1CNC1CC1. The third kappa shape index (κ3) is 2.95. The lowest BCUT2D eigenvalue weighted by Gasteiger charge is -2.22. The Labute approximate surface area is 120 Å². The van der Waals surface area contributed by atoms with Crippen LogP contribution in [0.4, 0.5) is 5.13 Å². The van der Waals surface area contributed by atoms with Gasteiger partial charge in [0, 0.05) is 30.1 Å². The highest BCUT2D eigenvalue weighted by Crippen LogP contribution is 2.33. The minimum Gasteiger partial charge on any atom is -0.345 e. The smallest absolute Gasteiger partial charge is 0.186 e. The zero-order valence-electron chi connectivity index (χ0n) is 12.1. The Morgan fingerprint density at radius 1 is 1.32 bits per heavy atom. The van der Waals surface area contributed by atoms with Crippen molar-refractivity contribution in [2.24, 2.45) is 0 Å². The lowest BCUT2D eigenvalue weighted by molar-refractivity contribution is 0.643. The van der Waals surface area contributed by atoms with E-state index in [-0.39, 0.29) is 0 Å². The number of nitrogens with zero attached hydrogens (tertiary/aromatic N) is 2. The molecule has 106 valence electrons. The maximum absolute atomic E-state index is 4.91. The number of rotatable bonds is 6. The maximum atomic E-state index is 4.91. The Kier molecular flexibility index (Phi) is 4.08. The van der Waals surface area contributed by atoms with Crippen molar-refractivity contribution in [2.45, 2.75) is 71.0 Å². The highest BCUT2D eigenvalue weighted by atomic mass is 32.1. The van der Waals surface area contributed by atoms with E-state index in [1.807, 2.05) is 11.3 Å². The van der Waals surface area contributed by atoms with Gasteiger partial charge >= 0.3 is 0 Å². The van der Waals surface area contributed by atoms with Crippen LogP contribution in [-0.2, 0) is 13.0 Å². The quantitative estimate of drug-likeness (QED) is 0.865. The van der Waals surface area contributed by atoms with Gasteiger partial charge < -0.3 is 10.2 Å². The number of anilines is 1. The molecule has 1 N–H and O–H groups in total. The van der Waals surface area contributed by atoms with Crippen molar-refractivity contribution >= 4 is 16.5 Å². The van der Waals surface area contributed by atoms with Crippen LogP contribution in [0.3, 0.4) is 0 Å². The van der Waals surface area contributed by atoms with Crippen LogP contribution < -0.4 is 10.2 Å². The Bertz CT molecular complexity index is 425. The van der Waals surface area contributed by atoms with Crippen LogP contribution in [0.25, 0.3) is 0 Å². The summed E-state index contributed by atoms with van der Waals surface area (Å²) in [6, 6.07) is 1.51. The van der Waals surface area contributed by atoms with Gasteiger partial charge in [0.15, 0.2) is 5.13 Å². The molecule has 1 unspecified atom stereocenters. The molecule has 1 saturated carbocycles. The lowest BCUT2D eigenvalue weighted by Crippen LogP contribution is -2.28. The molecule has 1 aromatic heterocycles. The van der Waals surface area contributed by atoms with E-state index in [2.05, 4.69) is 24.1 Å². The van der Waals surface area contributed by atoms with E-state index >= 15 is 0 Å².